The van der Waals surface area contributed by atoms with Gasteiger partial charge < -0.3 is 9.47 Å². The van der Waals surface area contributed by atoms with Crippen LogP contribution in [0, 0.1) is 0 Å². The smallest absolute Gasteiger partial charge is 0.239 e. The van der Waals surface area contributed by atoms with Crippen LogP contribution in [0.2, 0.25) is 0 Å². The molecule has 0 bridgehead atoms. The van der Waals surface area contributed by atoms with E-state index in [4.69, 9.17) is 9.47 Å². The van der Waals surface area contributed by atoms with Crippen LogP contribution in [0.25, 0.3) is 0 Å². The zero-order valence-corrected chi connectivity index (χ0v) is 20.4. The maximum Gasteiger partial charge on any atom is 0.239 e. The minimum absolute atomic E-state index is 0.126. The molecule has 0 atom stereocenters. The highest BCUT2D eigenvalue weighted by Crippen LogP contribution is 2.39. The van der Waals surface area contributed by atoms with Gasteiger partial charge in [0, 0.05) is 0 Å². The molecule has 2 aliphatic rings. The Balaban J connectivity index is 1.92. The summed E-state index contributed by atoms with van der Waals surface area (Å²) in [5.41, 5.74) is 0. The number of carbonyl (C=O) groups is 2. The topological polar surface area (TPSA) is 52.6 Å². The summed E-state index contributed by atoms with van der Waals surface area (Å²) in [7, 11) is 0. The third kappa shape index (κ3) is 7.99. The zero-order chi connectivity index (χ0) is 21.6. The van der Waals surface area contributed by atoms with E-state index in [2.05, 4.69) is 13.8 Å². The van der Waals surface area contributed by atoms with E-state index >= 15 is 0 Å². The minimum atomic E-state index is -0.161. The van der Waals surface area contributed by atoms with Gasteiger partial charge in [-0.05, 0) is 24.3 Å². The molecular weight excluding hydrogens is 416 g/mol. The average molecular weight is 455 g/mol. The number of hydrogen-bond donors (Lipinski definition) is 0. The fraction of sp³-hybridized carbons (Fsp3) is 0.750. The SMILES string of the molecule is CCCCCCCCSC1=C(SCCCCCCCC)C(=O)C2=C(OCCO2)C1=O. The van der Waals surface area contributed by atoms with E-state index in [0.29, 0.717) is 23.0 Å². The first kappa shape index (κ1) is 25.4. The van der Waals surface area contributed by atoms with Gasteiger partial charge in [-0.3, -0.25) is 9.59 Å². The van der Waals surface area contributed by atoms with Crippen molar-refractivity contribution >= 4 is 35.1 Å². The van der Waals surface area contributed by atoms with Gasteiger partial charge in [0.25, 0.3) is 0 Å². The number of Topliss-reactive ketones (excluding diaryl/α,β-unsaturated/α-hetero) is 2. The number of unbranched alkanes of at least 4 members (excludes halogenated alkanes) is 10. The Labute approximate surface area is 191 Å². The quantitative estimate of drug-likeness (QED) is 0.189. The minimum Gasteiger partial charge on any atom is -0.483 e. The average Bonchev–Trinajstić information content (AvgIpc) is 2.77. The van der Waals surface area contributed by atoms with E-state index in [1.54, 1.807) is 0 Å². The second-order valence-electron chi connectivity index (χ2n) is 7.90. The molecule has 0 aromatic carbocycles. The van der Waals surface area contributed by atoms with E-state index in [-0.39, 0.29) is 23.1 Å². The van der Waals surface area contributed by atoms with Crippen molar-refractivity contribution < 1.29 is 19.1 Å². The maximum atomic E-state index is 13.0. The summed E-state index contributed by atoms with van der Waals surface area (Å²) in [6, 6.07) is 0. The summed E-state index contributed by atoms with van der Waals surface area (Å²) in [4.78, 5) is 27.2. The standard InChI is InChI=1S/C24H38O4S2/c1-3-5-7-9-11-13-17-29-23-19(25)21-22(28-16-15-27-21)20(26)24(23)30-18-14-12-10-8-6-4-2/h3-18H2,1-2H3. The molecule has 4 nitrogen and oxygen atoms in total. The molecule has 0 unspecified atom stereocenters. The summed E-state index contributed by atoms with van der Waals surface area (Å²) in [5, 5.41) is 0. The van der Waals surface area contributed by atoms with Crippen LogP contribution in [0.4, 0.5) is 0 Å². The third-order valence-corrected chi connectivity index (χ3v) is 7.77. The van der Waals surface area contributed by atoms with Crippen LogP contribution in [0.15, 0.2) is 21.3 Å². The maximum absolute atomic E-state index is 13.0. The second kappa shape index (κ2) is 15.0. The predicted octanol–water partition coefficient (Wildman–Crippen LogP) is 6.80. The Hall–Kier alpha value is -0.880. The van der Waals surface area contributed by atoms with E-state index < -0.39 is 0 Å². The van der Waals surface area contributed by atoms with Gasteiger partial charge in [-0.15, -0.1) is 23.5 Å². The van der Waals surface area contributed by atoms with Crippen LogP contribution in [0.3, 0.4) is 0 Å². The fourth-order valence-corrected chi connectivity index (χ4v) is 5.90. The Bertz CT molecular complexity index is 573. The molecule has 0 aromatic heterocycles. The monoisotopic (exact) mass is 454 g/mol. The van der Waals surface area contributed by atoms with Crippen LogP contribution in [0.1, 0.15) is 90.9 Å². The molecule has 0 spiro atoms. The highest BCUT2D eigenvalue weighted by atomic mass is 32.2. The van der Waals surface area contributed by atoms with Gasteiger partial charge >= 0.3 is 0 Å². The van der Waals surface area contributed by atoms with Gasteiger partial charge in [-0.25, -0.2) is 0 Å². The van der Waals surface area contributed by atoms with E-state index in [1.165, 1.54) is 87.7 Å². The van der Waals surface area contributed by atoms with Crippen molar-refractivity contribution in [2.24, 2.45) is 0 Å². The van der Waals surface area contributed by atoms with Crippen LogP contribution < -0.4 is 0 Å². The molecule has 0 saturated carbocycles. The third-order valence-electron chi connectivity index (χ3n) is 5.30. The molecule has 0 saturated heterocycles. The molecule has 30 heavy (non-hydrogen) atoms. The van der Waals surface area contributed by atoms with Crippen molar-refractivity contribution in [1.82, 2.24) is 0 Å². The molecule has 1 heterocycles. The van der Waals surface area contributed by atoms with Crippen molar-refractivity contribution in [1.29, 1.82) is 0 Å². The predicted molar refractivity (Wildman–Crippen MR) is 128 cm³/mol. The lowest BCUT2D eigenvalue weighted by molar-refractivity contribution is -0.123. The Morgan fingerprint density at radius 2 is 0.967 bits per heavy atom. The second-order valence-corrected chi connectivity index (χ2v) is 10.1. The molecule has 2 rings (SSSR count). The number of carbonyl (C=O) groups excluding carboxylic acids is 2. The van der Waals surface area contributed by atoms with Gasteiger partial charge in [-0.2, -0.15) is 0 Å². The van der Waals surface area contributed by atoms with E-state index in [9.17, 15) is 9.59 Å². The molecule has 6 heteroatoms. The molecule has 0 fully saturated rings. The molecular formula is C24H38O4S2. The molecule has 0 aromatic rings. The summed E-state index contributed by atoms with van der Waals surface area (Å²) >= 11 is 3.06. The van der Waals surface area contributed by atoms with Crippen LogP contribution in [0.5, 0.6) is 0 Å². The summed E-state index contributed by atoms with van der Waals surface area (Å²) in [6.07, 6.45) is 14.6. The number of ketones is 2. The first-order valence-electron chi connectivity index (χ1n) is 11.8. The Kier molecular flexibility index (Phi) is 12.7. The Morgan fingerprint density at radius 1 is 0.600 bits per heavy atom. The van der Waals surface area contributed by atoms with Gasteiger partial charge in [0.1, 0.15) is 13.2 Å². The van der Waals surface area contributed by atoms with E-state index in [0.717, 1.165) is 24.3 Å². The number of hydrogen-bond acceptors (Lipinski definition) is 6. The summed E-state index contributed by atoms with van der Waals surface area (Å²) < 4.78 is 11.0. The Morgan fingerprint density at radius 3 is 1.37 bits per heavy atom. The molecule has 0 radical (unpaired) electrons. The van der Waals surface area contributed by atoms with E-state index in [1.807, 2.05) is 0 Å². The van der Waals surface area contributed by atoms with Crippen molar-refractivity contribution in [3.05, 3.63) is 21.3 Å². The number of rotatable bonds is 16. The zero-order valence-electron chi connectivity index (χ0n) is 18.8. The lowest BCUT2D eigenvalue weighted by atomic mass is 10.1. The highest BCUT2D eigenvalue weighted by molar-refractivity contribution is 8.08. The molecule has 1 aliphatic carbocycles. The highest BCUT2D eigenvalue weighted by Gasteiger charge is 2.39. The van der Waals surface area contributed by atoms with Gasteiger partial charge in [0.2, 0.25) is 23.1 Å². The summed E-state index contributed by atoms with van der Waals surface area (Å²) in [5.74, 6) is 1.66. The van der Waals surface area contributed by atoms with Crippen LogP contribution >= 0.6 is 23.5 Å². The number of thioether (sulfide) groups is 2. The molecule has 0 amide bonds. The van der Waals surface area contributed by atoms with Gasteiger partial charge in [0.05, 0.1) is 9.81 Å². The van der Waals surface area contributed by atoms with Crippen LogP contribution in [-0.4, -0.2) is 36.3 Å². The van der Waals surface area contributed by atoms with Crippen molar-refractivity contribution in [2.45, 2.75) is 90.9 Å². The van der Waals surface area contributed by atoms with Crippen molar-refractivity contribution in [3.63, 3.8) is 0 Å². The normalized spacial score (nSPS) is 16.6. The number of ether oxygens (including phenoxy) is 2. The first-order valence-corrected chi connectivity index (χ1v) is 13.8. The molecule has 0 N–H and O–H groups in total. The largest absolute Gasteiger partial charge is 0.483 e. The lowest BCUT2D eigenvalue weighted by Crippen LogP contribution is -2.29. The fourth-order valence-electron chi connectivity index (χ4n) is 3.54. The summed E-state index contributed by atoms with van der Waals surface area (Å²) in [6.45, 7) is 5.10. The van der Waals surface area contributed by atoms with Crippen molar-refractivity contribution in [3.8, 4) is 0 Å². The molecule has 1 aliphatic heterocycles. The number of allylic oxidation sites excluding steroid dienone is 2. The van der Waals surface area contributed by atoms with Crippen molar-refractivity contribution in [2.75, 3.05) is 24.7 Å². The van der Waals surface area contributed by atoms with Gasteiger partial charge in [0.15, 0.2) is 0 Å². The van der Waals surface area contributed by atoms with Crippen LogP contribution in [-0.2, 0) is 19.1 Å². The molecule has 170 valence electrons. The lowest BCUT2D eigenvalue weighted by Gasteiger charge is -2.26. The first-order chi connectivity index (χ1) is 14.7. The van der Waals surface area contributed by atoms with Gasteiger partial charge in [-0.1, -0.05) is 78.1 Å².